The van der Waals surface area contributed by atoms with Crippen LogP contribution in [0.15, 0.2) is 30.3 Å². The van der Waals surface area contributed by atoms with Gasteiger partial charge < -0.3 is 4.74 Å². The first-order valence-electron chi connectivity index (χ1n) is 8.57. The van der Waals surface area contributed by atoms with E-state index in [9.17, 15) is 32.9 Å². The Morgan fingerprint density at radius 1 is 1.23 bits per heavy atom. The molecule has 2 N–H and O–H groups in total. The summed E-state index contributed by atoms with van der Waals surface area (Å²) < 4.78 is 44.0. The Morgan fingerprint density at radius 3 is 2.40 bits per heavy atom. The molecule has 0 aliphatic heterocycles. The van der Waals surface area contributed by atoms with Crippen LogP contribution in [0.2, 0.25) is 0 Å². The number of non-ortho nitro benzene ring substituents is 1. The lowest BCUT2D eigenvalue weighted by molar-refractivity contribution is -0.384. The minimum absolute atomic E-state index is 0.00869. The van der Waals surface area contributed by atoms with Gasteiger partial charge in [0.2, 0.25) is 5.91 Å². The topological polar surface area (TPSA) is 123 Å². The number of nitrogens with zero attached hydrogens (tertiary/aromatic N) is 2. The maximum Gasteiger partial charge on any atom is 0.433 e. The van der Waals surface area contributed by atoms with Crippen molar-refractivity contribution in [1.29, 1.82) is 0 Å². The summed E-state index contributed by atoms with van der Waals surface area (Å²) in [6.45, 7) is 2.81. The van der Waals surface area contributed by atoms with Crippen LogP contribution in [0.4, 0.5) is 24.7 Å². The molecule has 0 bridgehead atoms. The van der Waals surface area contributed by atoms with Gasteiger partial charge >= 0.3 is 12.1 Å². The molecule has 12 heteroatoms. The van der Waals surface area contributed by atoms with Crippen molar-refractivity contribution in [2.45, 2.75) is 26.4 Å². The number of rotatable bonds is 7. The normalized spacial score (nSPS) is 11.0. The smallest absolute Gasteiger partial charge is 0.433 e. The van der Waals surface area contributed by atoms with E-state index in [4.69, 9.17) is 4.74 Å². The lowest BCUT2D eigenvalue weighted by Gasteiger charge is -2.16. The van der Waals surface area contributed by atoms with E-state index in [1.807, 2.05) is 0 Å². The quantitative estimate of drug-likeness (QED) is 0.396. The molecule has 9 nitrogen and oxygen atoms in total. The number of halogens is 3. The molecule has 0 fully saturated rings. The highest BCUT2D eigenvalue weighted by Crippen LogP contribution is 2.31. The van der Waals surface area contributed by atoms with Gasteiger partial charge in [0.05, 0.1) is 18.0 Å². The number of aromatic nitrogens is 1. The summed E-state index contributed by atoms with van der Waals surface area (Å²) in [5.41, 5.74) is 3.14. The van der Waals surface area contributed by atoms with Crippen LogP contribution >= 0.6 is 0 Å². The summed E-state index contributed by atoms with van der Waals surface area (Å²) in [5, 5.41) is 10.6. The zero-order valence-corrected chi connectivity index (χ0v) is 15.9. The zero-order chi connectivity index (χ0) is 22.5. The first kappa shape index (κ1) is 22.6. The SMILES string of the molecule is CCOC(=O)c1c(C)cc(C(F)(F)F)nc1NNC(=O)Cc1ccc([N+](=O)[O-])cc1. The Bertz CT molecular complexity index is 962. The van der Waals surface area contributed by atoms with Gasteiger partial charge in [-0.25, -0.2) is 9.78 Å². The molecule has 0 aliphatic carbocycles. The molecule has 1 heterocycles. The molecule has 1 aromatic heterocycles. The number of carbonyl (C=O) groups excluding carboxylic acids is 2. The molecule has 0 atom stereocenters. The van der Waals surface area contributed by atoms with Crippen molar-refractivity contribution in [2.75, 3.05) is 12.0 Å². The van der Waals surface area contributed by atoms with Crippen LogP contribution in [0.1, 0.15) is 34.1 Å². The molecule has 0 saturated carbocycles. The van der Waals surface area contributed by atoms with Crippen LogP contribution in [-0.4, -0.2) is 28.4 Å². The fourth-order valence-corrected chi connectivity index (χ4v) is 2.46. The Hall–Kier alpha value is -3.70. The predicted molar refractivity (Wildman–Crippen MR) is 98.5 cm³/mol. The molecular weight excluding hydrogens is 409 g/mol. The Balaban J connectivity index is 2.20. The Labute approximate surface area is 168 Å². The zero-order valence-electron chi connectivity index (χ0n) is 15.9. The average Bonchev–Trinajstić information content (AvgIpc) is 2.65. The highest BCUT2D eigenvalue weighted by Gasteiger charge is 2.35. The molecule has 2 rings (SSSR count). The number of ether oxygens (including phenoxy) is 1. The van der Waals surface area contributed by atoms with Gasteiger partial charge in [-0.15, -0.1) is 0 Å². The lowest BCUT2D eigenvalue weighted by atomic mass is 10.1. The molecule has 1 amide bonds. The van der Waals surface area contributed by atoms with E-state index < -0.39 is 34.5 Å². The highest BCUT2D eigenvalue weighted by atomic mass is 19.4. The third-order valence-electron chi connectivity index (χ3n) is 3.82. The maximum atomic E-state index is 13.1. The molecule has 30 heavy (non-hydrogen) atoms. The Kier molecular flexibility index (Phi) is 6.93. The van der Waals surface area contributed by atoms with Gasteiger partial charge in [0, 0.05) is 12.1 Å². The maximum absolute atomic E-state index is 13.1. The number of pyridine rings is 1. The molecule has 1 aromatic carbocycles. The minimum atomic E-state index is -4.77. The fourth-order valence-electron chi connectivity index (χ4n) is 2.46. The number of aryl methyl sites for hydroxylation is 1. The minimum Gasteiger partial charge on any atom is -0.462 e. The average molecular weight is 426 g/mol. The van der Waals surface area contributed by atoms with Crippen LogP contribution in [0.5, 0.6) is 0 Å². The number of hydrazine groups is 1. The second-order valence-electron chi connectivity index (χ2n) is 6.04. The highest BCUT2D eigenvalue weighted by molar-refractivity contribution is 5.96. The summed E-state index contributed by atoms with van der Waals surface area (Å²) in [6.07, 6.45) is -4.99. The molecule has 0 aliphatic rings. The first-order chi connectivity index (χ1) is 14.0. The summed E-state index contributed by atoms with van der Waals surface area (Å²) in [7, 11) is 0. The van der Waals surface area contributed by atoms with Gasteiger partial charge in [-0.2, -0.15) is 13.2 Å². The van der Waals surface area contributed by atoms with Crippen molar-refractivity contribution in [1.82, 2.24) is 10.4 Å². The lowest BCUT2D eigenvalue weighted by Crippen LogP contribution is -2.32. The second kappa shape index (κ2) is 9.20. The van der Waals surface area contributed by atoms with Gasteiger partial charge in [-0.3, -0.25) is 25.8 Å². The van der Waals surface area contributed by atoms with Gasteiger partial charge in [-0.1, -0.05) is 12.1 Å². The third kappa shape index (κ3) is 5.65. The number of anilines is 1. The van der Waals surface area contributed by atoms with E-state index in [1.165, 1.54) is 38.1 Å². The number of hydrogen-bond donors (Lipinski definition) is 2. The number of alkyl halides is 3. The van der Waals surface area contributed by atoms with E-state index in [-0.39, 0.29) is 29.8 Å². The number of nitro groups is 1. The number of carbonyl (C=O) groups is 2. The van der Waals surface area contributed by atoms with Gasteiger partial charge in [0.1, 0.15) is 11.3 Å². The van der Waals surface area contributed by atoms with Crippen LogP contribution < -0.4 is 10.9 Å². The van der Waals surface area contributed by atoms with Crippen molar-refractivity contribution in [2.24, 2.45) is 0 Å². The standard InChI is InChI=1S/C18H17F3N4O5/c1-3-30-17(27)15-10(2)8-13(18(19,20)21)22-16(15)24-23-14(26)9-11-4-6-12(7-5-11)25(28)29/h4-8H,3,9H2,1-2H3,(H,22,24)(H,23,26). The monoisotopic (exact) mass is 426 g/mol. The van der Waals surface area contributed by atoms with Crippen molar-refractivity contribution in [3.05, 3.63) is 62.8 Å². The molecule has 2 aromatic rings. The van der Waals surface area contributed by atoms with E-state index in [0.29, 0.717) is 11.6 Å². The van der Waals surface area contributed by atoms with Crippen molar-refractivity contribution in [3.8, 4) is 0 Å². The van der Waals surface area contributed by atoms with E-state index in [0.717, 1.165) is 0 Å². The largest absolute Gasteiger partial charge is 0.462 e. The summed E-state index contributed by atoms with van der Waals surface area (Å²) in [6, 6.07) is 5.87. The summed E-state index contributed by atoms with van der Waals surface area (Å²) in [5.74, 6) is -2.09. The van der Waals surface area contributed by atoms with E-state index in [2.05, 4.69) is 15.8 Å². The summed E-state index contributed by atoms with van der Waals surface area (Å²) >= 11 is 0. The third-order valence-corrected chi connectivity index (χ3v) is 3.82. The van der Waals surface area contributed by atoms with Gasteiger partial charge in [0.15, 0.2) is 5.82 Å². The Morgan fingerprint density at radius 2 is 1.87 bits per heavy atom. The molecule has 160 valence electrons. The number of esters is 1. The first-order valence-corrected chi connectivity index (χ1v) is 8.57. The number of hydrogen-bond acceptors (Lipinski definition) is 7. The number of nitro benzene ring substituents is 1. The van der Waals surface area contributed by atoms with Gasteiger partial charge in [0.25, 0.3) is 5.69 Å². The van der Waals surface area contributed by atoms with Crippen molar-refractivity contribution < 1.29 is 32.4 Å². The van der Waals surface area contributed by atoms with Gasteiger partial charge in [-0.05, 0) is 31.0 Å². The molecule has 0 spiro atoms. The van der Waals surface area contributed by atoms with E-state index >= 15 is 0 Å². The van der Waals surface area contributed by atoms with E-state index in [1.54, 1.807) is 0 Å². The number of amides is 1. The molecular formula is C18H17F3N4O5. The van der Waals surface area contributed by atoms with Crippen LogP contribution in [0.25, 0.3) is 0 Å². The van der Waals surface area contributed by atoms with Crippen molar-refractivity contribution >= 4 is 23.4 Å². The molecule has 0 radical (unpaired) electrons. The van der Waals surface area contributed by atoms with Crippen LogP contribution in [-0.2, 0) is 22.1 Å². The molecule has 0 saturated heterocycles. The van der Waals surface area contributed by atoms with Crippen molar-refractivity contribution in [3.63, 3.8) is 0 Å². The fraction of sp³-hybridized carbons (Fsp3) is 0.278. The number of benzene rings is 1. The second-order valence-corrected chi connectivity index (χ2v) is 6.04. The number of nitrogens with one attached hydrogen (secondary N) is 2. The molecule has 0 unspecified atom stereocenters. The van der Waals surface area contributed by atoms with Crippen LogP contribution in [0, 0.1) is 17.0 Å². The predicted octanol–water partition coefficient (Wildman–Crippen LogP) is 3.18. The van der Waals surface area contributed by atoms with Crippen LogP contribution in [0.3, 0.4) is 0 Å². The summed E-state index contributed by atoms with van der Waals surface area (Å²) in [4.78, 5) is 37.7.